The quantitative estimate of drug-likeness (QED) is 0.340. The standard InChI is InChI=1S/C23H33N5.HI/c1-19-11-15-28(16-12-19)18-21-8-6-20(7-9-21)17-27-23(24-2)26-14-10-22-5-3-4-13-25-22;/h3-9,13,19H,10-12,14-18H2,1-2H3,(H2,24,26,27);1H. The number of pyridine rings is 1. The fourth-order valence-corrected chi connectivity index (χ4v) is 3.50. The van der Waals surface area contributed by atoms with Crippen molar-refractivity contribution in [1.82, 2.24) is 20.5 Å². The second-order valence-electron chi connectivity index (χ2n) is 7.70. The maximum Gasteiger partial charge on any atom is 0.191 e. The first-order valence-electron chi connectivity index (χ1n) is 10.4. The molecule has 0 saturated carbocycles. The van der Waals surface area contributed by atoms with E-state index in [9.17, 15) is 0 Å². The van der Waals surface area contributed by atoms with E-state index in [0.29, 0.717) is 0 Å². The minimum absolute atomic E-state index is 0. The number of benzene rings is 1. The number of nitrogens with one attached hydrogen (secondary N) is 2. The summed E-state index contributed by atoms with van der Waals surface area (Å²) in [5, 5.41) is 6.74. The fraction of sp³-hybridized carbons (Fsp3) is 0.478. The third-order valence-corrected chi connectivity index (χ3v) is 5.39. The number of aromatic nitrogens is 1. The van der Waals surface area contributed by atoms with E-state index < -0.39 is 0 Å². The van der Waals surface area contributed by atoms with Gasteiger partial charge in [-0.3, -0.25) is 14.9 Å². The Hall–Kier alpha value is -1.67. The Morgan fingerprint density at radius 3 is 2.45 bits per heavy atom. The molecule has 0 unspecified atom stereocenters. The first-order valence-corrected chi connectivity index (χ1v) is 10.4. The van der Waals surface area contributed by atoms with Crippen LogP contribution in [-0.2, 0) is 19.5 Å². The van der Waals surface area contributed by atoms with Crippen molar-refractivity contribution in [1.29, 1.82) is 0 Å². The van der Waals surface area contributed by atoms with Gasteiger partial charge in [-0.25, -0.2) is 0 Å². The number of guanidine groups is 1. The summed E-state index contributed by atoms with van der Waals surface area (Å²) in [5.41, 5.74) is 3.75. The van der Waals surface area contributed by atoms with Crippen LogP contribution in [-0.4, -0.2) is 42.5 Å². The number of rotatable bonds is 7. The van der Waals surface area contributed by atoms with Crippen LogP contribution < -0.4 is 10.6 Å². The van der Waals surface area contributed by atoms with Gasteiger partial charge in [-0.15, -0.1) is 24.0 Å². The van der Waals surface area contributed by atoms with Crippen LogP contribution in [0.25, 0.3) is 0 Å². The highest BCUT2D eigenvalue weighted by Gasteiger charge is 2.15. The Morgan fingerprint density at radius 2 is 1.79 bits per heavy atom. The van der Waals surface area contributed by atoms with Crippen molar-refractivity contribution in [2.24, 2.45) is 10.9 Å². The van der Waals surface area contributed by atoms with Gasteiger partial charge in [0.25, 0.3) is 0 Å². The third-order valence-electron chi connectivity index (χ3n) is 5.39. The van der Waals surface area contributed by atoms with Crippen molar-refractivity contribution < 1.29 is 0 Å². The Morgan fingerprint density at radius 1 is 1.07 bits per heavy atom. The molecule has 0 atom stereocenters. The maximum atomic E-state index is 4.34. The molecule has 0 aliphatic carbocycles. The smallest absolute Gasteiger partial charge is 0.191 e. The number of piperidine rings is 1. The molecule has 1 fully saturated rings. The summed E-state index contributed by atoms with van der Waals surface area (Å²) >= 11 is 0. The molecule has 0 spiro atoms. The molecular weight excluding hydrogens is 473 g/mol. The summed E-state index contributed by atoms with van der Waals surface area (Å²) in [5.74, 6) is 1.71. The molecule has 3 rings (SSSR count). The molecule has 0 radical (unpaired) electrons. The maximum absolute atomic E-state index is 4.34. The monoisotopic (exact) mass is 507 g/mol. The van der Waals surface area contributed by atoms with E-state index >= 15 is 0 Å². The molecule has 2 heterocycles. The normalized spacial score (nSPS) is 15.6. The van der Waals surface area contributed by atoms with Crippen molar-refractivity contribution >= 4 is 29.9 Å². The average molecular weight is 507 g/mol. The summed E-state index contributed by atoms with van der Waals surface area (Å²) in [6, 6.07) is 15.0. The molecular formula is C23H34IN5. The number of hydrogen-bond donors (Lipinski definition) is 2. The van der Waals surface area contributed by atoms with Crippen LogP contribution in [0.5, 0.6) is 0 Å². The summed E-state index contributed by atoms with van der Waals surface area (Å²) in [4.78, 5) is 11.2. The molecule has 5 nitrogen and oxygen atoms in total. The highest BCUT2D eigenvalue weighted by Crippen LogP contribution is 2.18. The van der Waals surface area contributed by atoms with E-state index in [1.807, 2.05) is 24.4 Å². The Kier molecular flexibility index (Phi) is 10.4. The fourth-order valence-electron chi connectivity index (χ4n) is 3.50. The Bertz CT molecular complexity index is 725. The first kappa shape index (κ1) is 23.6. The molecule has 0 bridgehead atoms. The van der Waals surface area contributed by atoms with Crippen molar-refractivity contribution in [2.45, 2.75) is 39.3 Å². The SMILES string of the molecule is CN=C(NCCc1ccccn1)NCc1ccc(CN2CCC(C)CC2)cc1.I. The first-order chi connectivity index (χ1) is 13.7. The summed E-state index contributed by atoms with van der Waals surface area (Å²) in [7, 11) is 1.80. The minimum Gasteiger partial charge on any atom is -0.356 e. The van der Waals surface area contributed by atoms with Crippen molar-refractivity contribution in [3.05, 3.63) is 65.5 Å². The molecule has 2 N–H and O–H groups in total. The van der Waals surface area contributed by atoms with Gasteiger partial charge in [-0.05, 0) is 55.1 Å². The highest BCUT2D eigenvalue weighted by molar-refractivity contribution is 14.0. The molecule has 1 aromatic carbocycles. The van der Waals surface area contributed by atoms with Gasteiger partial charge < -0.3 is 10.6 Å². The molecule has 6 heteroatoms. The lowest BCUT2D eigenvalue weighted by Crippen LogP contribution is -2.37. The molecule has 1 aromatic heterocycles. The average Bonchev–Trinajstić information content (AvgIpc) is 2.74. The molecule has 1 aliphatic heterocycles. The zero-order chi connectivity index (χ0) is 19.6. The lowest BCUT2D eigenvalue weighted by molar-refractivity contribution is 0.185. The van der Waals surface area contributed by atoms with Gasteiger partial charge in [0.1, 0.15) is 0 Å². The number of aliphatic imine (C=N–C) groups is 1. The number of halogens is 1. The van der Waals surface area contributed by atoms with Crippen molar-refractivity contribution in [2.75, 3.05) is 26.7 Å². The van der Waals surface area contributed by atoms with E-state index in [-0.39, 0.29) is 24.0 Å². The molecule has 158 valence electrons. The zero-order valence-electron chi connectivity index (χ0n) is 17.6. The third kappa shape index (κ3) is 8.30. The lowest BCUT2D eigenvalue weighted by atomic mass is 9.99. The summed E-state index contributed by atoms with van der Waals surface area (Å²) in [6.07, 6.45) is 5.37. The summed E-state index contributed by atoms with van der Waals surface area (Å²) < 4.78 is 0. The van der Waals surface area contributed by atoms with Gasteiger partial charge in [0.05, 0.1) is 0 Å². The van der Waals surface area contributed by atoms with Crippen molar-refractivity contribution in [3.63, 3.8) is 0 Å². The molecule has 1 aliphatic rings. The molecule has 2 aromatic rings. The van der Waals surface area contributed by atoms with Crippen LogP contribution in [0.2, 0.25) is 0 Å². The number of nitrogens with zero attached hydrogens (tertiary/aromatic N) is 3. The second kappa shape index (κ2) is 12.8. The van der Waals surface area contributed by atoms with Crippen LogP contribution in [0.1, 0.15) is 36.6 Å². The lowest BCUT2D eigenvalue weighted by Gasteiger charge is -2.30. The van der Waals surface area contributed by atoms with Crippen molar-refractivity contribution in [3.8, 4) is 0 Å². The van der Waals surface area contributed by atoms with E-state index in [1.54, 1.807) is 7.05 Å². The number of likely N-dealkylation sites (tertiary alicyclic amines) is 1. The predicted molar refractivity (Wildman–Crippen MR) is 132 cm³/mol. The number of hydrogen-bond acceptors (Lipinski definition) is 3. The van der Waals surface area contributed by atoms with E-state index in [0.717, 1.165) is 43.6 Å². The van der Waals surface area contributed by atoms with Gasteiger partial charge in [0.2, 0.25) is 0 Å². The van der Waals surface area contributed by atoms with Crippen LogP contribution in [0.4, 0.5) is 0 Å². The minimum atomic E-state index is 0. The van der Waals surface area contributed by atoms with Crippen LogP contribution in [0.3, 0.4) is 0 Å². The van der Waals surface area contributed by atoms with Gasteiger partial charge >= 0.3 is 0 Å². The van der Waals surface area contributed by atoms with E-state index in [4.69, 9.17) is 0 Å². The van der Waals surface area contributed by atoms with E-state index in [1.165, 1.54) is 37.1 Å². The van der Waals surface area contributed by atoms with E-state index in [2.05, 4.69) is 56.7 Å². The van der Waals surface area contributed by atoms with Gasteiger partial charge in [0.15, 0.2) is 5.96 Å². The van der Waals surface area contributed by atoms with Crippen LogP contribution in [0.15, 0.2) is 53.7 Å². The Balaban J connectivity index is 0.00000300. The molecule has 29 heavy (non-hydrogen) atoms. The highest BCUT2D eigenvalue weighted by atomic mass is 127. The predicted octanol–water partition coefficient (Wildman–Crippen LogP) is 3.84. The Labute approximate surface area is 192 Å². The molecule has 1 saturated heterocycles. The second-order valence-corrected chi connectivity index (χ2v) is 7.70. The van der Waals surface area contributed by atoms with Crippen LogP contribution >= 0.6 is 24.0 Å². The topological polar surface area (TPSA) is 52.6 Å². The zero-order valence-corrected chi connectivity index (χ0v) is 19.9. The molecule has 0 amide bonds. The van der Waals surface area contributed by atoms with Crippen LogP contribution in [0, 0.1) is 5.92 Å². The summed E-state index contributed by atoms with van der Waals surface area (Å²) in [6.45, 7) is 7.46. The van der Waals surface area contributed by atoms with Gasteiger partial charge in [0, 0.05) is 45.0 Å². The largest absolute Gasteiger partial charge is 0.356 e. The van der Waals surface area contributed by atoms with Gasteiger partial charge in [-0.2, -0.15) is 0 Å². The van der Waals surface area contributed by atoms with Gasteiger partial charge in [-0.1, -0.05) is 37.3 Å².